The number of anilines is 1. The first-order valence-electron chi connectivity index (χ1n) is 23.1. The molecule has 0 aliphatic carbocycles. The summed E-state index contributed by atoms with van der Waals surface area (Å²) in [5.41, 5.74) is 4.23. The summed E-state index contributed by atoms with van der Waals surface area (Å²) in [7, 11) is -16.5. The minimum absolute atomic E-state index is 0.0235. The molecule has 0 bridgehead atoms. The van der Waals surface area contributed by atoms with Gasteiger partial charge in [-0.15, -0.1) is 0 Å². The fraction of sp³-hybridized carbons (Fsp3) is 0.605. The summed E-state index contributed by atoms with van der Waals surface area (Å²) >= 11 is 0.913. The number of ether oxygens (including phenoxy) is 1. The molecule has 0 saturated carbocycles. The van der Waals surface area contributed by atoms with Gasteiger partial charge in [0.25, 0.3) is 0 Å². The Morgan fingerprint density at radius 2 is 1.50 bits per heavy atom. The largest absolute Gasteiger partial charge is 0.481 e. The number of rotatable bonds is 35. The molecule has 1 saturated heterocycles. The number of nitrogens with one attached hydrogen (secondary N) is 2. The van der Waals surface area contributed by atoms with Crippen LogP contribution in [0.4, 0.5) is 5.82 Å². The number of Topliss-reactive ketones (excluding diaryl/α,β-unsaturated/α-hetero) is 1. The van der Waals surface area contributed by atoms with Gasteiger partial charge in [0.1, 0.15) is 42.0 Å². The molecule has 1 aliphatic rings. The van der Waals surface area contributed by atoms with Crippen LogP contribution in [0.5, 0.6) is 0 Å². The van der Waals surface area contributed by atoms with Crippen molar-refractivity contribution in [2.75, 3.05) is 37.8 Å². The normalized spacial score (nSPS) is 19.9. The van der Waals surface area contributed by atoms with Gasteiger partial charge in [-0.3, -0.25) is 37.3 Å². The first kappa shape index (κ1) is 62.5. The van der Waals surface area contributed by atoms with Crippen LogP contribution >= 0.6 is 35.2 Å². The van der Waals surface area contributed by atoms with Crippen molar-refractivity contribution >= 4 is 74.9 Å². The molecule has 7 atom stereocenters. The van der Waals surface area contributed by atoms with Crippen LogP contribution in [-0.2, 0) is 55.5 Å². The molecule has 404 valence electrons. The van der Waals surface area contributed by atoms with Gasteiger partial charge in [0.05, 0.1) is 26.0 Å². The molecule has 1 fully saturated rings. The van der Waals surface area contributed by atoms with Gasteiger partial charge in [-0.05, 0) is 44.9 Å². The lowest BCUT2D eigenvalue weighted by Crippen LogP contribution is -2.46. The molecule has 2 unspecified atom stereocenters. The lowest BCUT2D eigenvalue weighted by molar-refractivity contribution is -0.137. The number of hydrogen-bond donors (Lipinski definition) is 9. The third kappa shape index (κ3) is 23.6. The number of ketones is 1. The second kappa shape index (κ2) is 31.2. The average molecular weight is 1100 g/mol. The van der Waals surface area contributed by atoms with Crippen LogP contribution in [0.2, 0.25) is 0 Å². The third-order valence-corrected chi connectivity index (χ3v) is 14.4. The van der Waals surface area contributed by atoms with Crippen LogP contribution in [0, 0.1) is 5.41 Å². The number of nitrogens with two attached hydrogens (primary N) is 1. The smallest absolute Gasteiger partial charge is 0.386 e. The standard InChI is InChI=1S/C43H68N7O18P3S/c1-4-5-6-7-8-9-10-11-12-13-14-15-16-17-18-19-20-21-31(51)26-34(53)72-25-24-45-33(52)22-23-46-41(56)38(55)43(2,3)28-65-71(62,63)68-70(60,61)64-27-32-37(67-69(57,58)59)36(54)42(66-32)50-30-49-35-39(44)47-29-48-40(35)50/h8-9,11-12,14-15,17-18,29-30,32,36-38,42,54-55H,4-7,10,13,16,19-28H2,1-3H3,(H,45,52)(H,46,56)(H,60,61)(H,62,63)(H2,44,47,48)(H2,57,58,59)/b9-8-,12-11-,15-14-,18-17-/t32-,36+,37+,38-,42-/m0/s1. The Kier molecular flexibility index (Phi) is 27.0. The number of thioether (sulfide) groups is 1. The third-order valence-electron chi connectivity index (χ3n) is 10.4. The van der Waals surface area contributed by atoms with Crippen molar-refractivity contribution in [1.82, 2.24) is 30.2 Å². The highest BCUT2D eigenvalue weighted by atomic mass is 32.2. The molecule has 3 rings (SSSR count). The number of aliphatic hydroxyl groups excluding tert-OH is 2. The number of amides is 2. The first-order chi connectivity index (χ1) is 33.9. The van der Waals surface area contributed by atoms with E-state index in [2.05, 4.69) is 77.8 Å². The van der Waals surface area contributed by atoms with Crippen molar-refractivity contribution in [1.29, 1.82) is 0 Å². The number of phosphoric ester groups is 3. The molecule has 0 radical (unpaired) electrons. The van der Waals surface area contributed by atoms with Gasteiger partial charge in [-0.25, -0.2) is 28.6 Å². The number of allylic oxidation sites excluding steroid dienone is 8. The van der Waals surface area contributed by atoms with E-state index in [0.717, 1.165) is 61.1 Å². The van der Waals surface area contributed by atoms with Crippen LogP contribution in [0.3, 0.4) is 0 Å². The number of phosphoric acid groups is 3. The fourth-order valence-corrected chi connectivity index (χ4v) is 10.1. The Balaban J connectivity index is 1.29. The maximum absolute atomic E-state index is 12.8. The van der Waals surface area contributed by atoms with Crippen molar-refractivity contribution in [2.45, 2.75) is 128 Å². The Morgan fingerprint density at radius 3 is 2.14 bits per heavy atom. The van der Waals surface area contributed by atoms with Gasteiger partial charge in [0, 0.05) is 37.1 Å². The minimum Gasteiger partial charge on any atom is -0.386 e. The van der Waals surface area contributed by atoms with E-state index >= 15 is 0 Å². The summed E-state index contributed by atoms with van der Waals surface area (Å²) in [4.78, 5) is 101. The zero-order chi connectivity index (χ0) is 53.4. The zero-order valence-electron chi connectivity index (χ0n) is 40.4. The number of nitrogen functional groups attached to an aromatic ring is 1. The number of imidazole rings is 1. The lowest BCUT2D eigenvalue weighted by atomic mass is 9.87. The van der Waals surface area contributed by atoms with E-state index in [1.807, 2.05) is 12.2 Å². The topological polar surface area (TPSA) is 381 Å². The second-order valence-electron chi connectivity index (χ2n) is 17.0. The van der Waals surface area contributed by atoms with Gasteiger partial charge in [-0.1, -0.05) is 94.0 Å². The number of aliphatic hydroxyl groups is 2. The van der Waals surface area contributed by atoms with E-state index in [1.165, 1.54) is 33.1 Å². The predicted molar refractivity (Wildman–Crippen MR) is 265 cm³/mol. The molecule has 2 aromatic rings. The Bertz CT molecular complexity index is 2340. The first-order valence-corrected chi connectivity index (χ1v) is 28.6. The van der Waals surface area contributed by atoms with Gasteiger partial charge in [0.2, 0.25) is 11.8 Å². The van der Waals surface area contributed by atoms with Crippen molar-refractivity contribution < 1.29 is 85.3 Å². The maximum atomic E-state index is 12.8. The molecule has 0 spiro atoms. The van der Waals surface area contributed by atoms with Crippen molar-refractivity contribution in [3.8, 4) is 0 Å². The van der Waals surface area contributed by atoms with E-state index in [9.17, 15) is 62.7 Å². The van der Waals surface area contributed by atoms with Crippen molar-refractivity contribution in [3.05, 3.63) is 61.3 Å². The molecule has 25 nitrogen and oxygen atoms in total. The van der Waals surface area contributed by atoms with Crippen LogP contribution in [-0.4, -0.2) is 128 Å². The van der Waals surface area contributed by atoms with E-state index in [1.54, 1.807) is 0 Å². The molecular formula is C43H68N7O18P3S. The Morgan fingerprint density at radius 1 is 0.875 bits per heavy atom. The van der Waals surface area contributed by atoms with Crippen molar-refractivity contribution in [3.63, 3.8) is 0 Å². The minimum atomic E-state index is -5.60. The summed E-state index contributed by atoms with van der Waals surface area (Å²) < 4.78 is 62.4. The number of aromatic nitrogens is 4. The summed E-state index contributed by atoms with van der Waals surface area (Å²) in [5, 5.41) is 26.2. The maximum Gasteiger partial charge on any atom is 0.481 e. The van der Waals surface area contributed by atoms with E-state index in [-0.39, 0.29) is 66.0 Å². The van der Waals surface area contributed by atoms with Gasteiger partial charge in [-0.2, -0.15) is 4.31 Å². The van der Waals surface area contributed by atoms with Gasteiger partial charge in [0.15, 0.2) is 22.8 Å². The van der Waals surface area contributed by atoms with Gasteiger partial charge < -0.3 is 50.9 Å². The van der Waals surface area contributed by atoms with E-state index < -0.39 is 84.6 Å². The molecule has 10 N–H and O–H groups in total. The molecule has 72 heavy (non-hydrogen) atoms. The summed E-state index contributed by atoms with van der Waals surface area (Å²) in [6, 6.07) is 0. The van der Waals surface area contributed by atoms with Crippen molar-refractivity contribution in [2.24, 2.45) is 5.41 Å². The Hall–Kier alpha value is -3.81. The predicted octanol–water partition coefficient (Wildman–Crippen LogP) is 4.77. The molecule has 2 amide bonds. The van der Waals surface area contributed by atoms with Crippen LogP contribution in [0.15, 0.2) is 61.3 Å². The monoisotopic (exact) mass is 1100 g/mol. The molecular weight excluding hydrogens is 1030 g/mol. The van der Waals surface area contributed by atoms with Gasteiger partial charge >= 0.3 is 23.5 Å². The number of nitrogens with zero attached hydrogens (tertiary/aromatic N) is 4. The van der Waals surface area contributed by atoms with E-state index in [4.69, 9.17) is 19.5 Å². The van der Waals surface area contributed by atoms with Crippen LogP contribution < -0.4 is 16.4 Å². The number of unbranched alkanes of at least 4 members (excludes halogenated alkanes) is 4. The zero-order valence-corrected chi connectivity index (χ0v) is 43.9. The quantitative estimate of drug-likeness (QED) is 0.0194. The number of fused-ring (bicyclic) bond motifs is 1. The molecule has 1 aliphatic heterocycles. The number of hydrogen-bond acceptors (Lipinski definition) is 19. The van der Waals surface area contributed by atoms with E-state index in [0.29, 0.717) is 6.42 Å². The Labute approximate surface area is 421 Å². The molecule has 29 heteroatoms. The summed E-state index contributed by atoms with van der Waals surface area (Å²) in [6.45, 7) is 2.49. The SMILES string of the molecule is CCCCC/C=C\C/C=C\C/C=C\C/C=C\CCCC(=O)CC(=O)SCCNC(=O)CCNC(=O)[C@H](O)C(C)(C)COP(=O)(O)OP(=O)(O)OC[C@@H]1O[C@H](n2cnc3c(N)ncnc32)[C@H](O)[C@@H]1OP(=O)(O)O. The van der Waals surface area contributed by atoms with Crippen LogP contribution in [0.25, 0.3) is 11.2 Å². The highest BCUT2D eigenvalue weighted by Crippen LogP contribution is 2.61. The number of carbonyl (C=O) groups excluding carboxylic acids is 4. The molecule has 0 aromatic carbocycles. The second-order valence-corrected chi connectivity index (χ2v) is 22.4. The lowest BCUT2D eigenvalue weighted by Gasteiger charge is -2.30. The van der Waals surface area contributed by atoms with Crippen LogP contribution in [0.1, 0.15) is 104 Å². The summed E-state index contributed by atoms with van der Waals surface area (Å²) in [5.74, 6) is -1.50. The number of carbonyl (C=O) groups is 4. The molecule has 3 heterocycles. The fourth-order valence-electron chi connectivity index (χ4n) is 6.57. The highest BCUT2D eigenvalue weighted by Gasteiger charge is 2.50. The molecule has 2 aromatic heterocycles. The average Bonchev–Trinajstić information content (AvgIpc) is 3.86. The summed E-state index contributed by atoms with van der Waals surface area (Å²) in [6.07, 6.45) is 18.9. The highest BCUT2D eigenvalue weighted by molar-refractivity contribution is 8.13.